The summed E-state index contributed by atoms with van der Waals surface area (Å²) in [5.41, 5.74) is 2.88. The number of nitrogens with one attached hydrogen (secondary N) is 2. The lowest BCUT2D eigenvalue weighted by Gasteiger charge is -2.21. The van der Waals surface area contributed by atoms with E-state index < -0.39 is 6.09 Å². The van der Waals surface area contributed by atoms with Crippen LogP contribution in [0.15, 0.2) is 34.4 Å². The Bertz CT molecular complexity index is 454. The van der Waals surface area contributed by atoms with E-state index in [0.717, 1.165) is 34.3 Å². The molecule has 0 saturated heterocycles. The van der Waals surface area contributed by atoms with Crippen LogP contribution in [0.1, 0.15) is 12.0 Å². The molecule has 90 valence electrons. The molecule has 1 amide bonds. The predicted molar refractivity (Wildman–Crippen MR) is 69.7 cm³/mol. The van der Waals surface area contributed by atoms with Crippen molar-refractivity contribution in [3.05, 3.63) is 40.0 Å². The van der Waals surface area contributed by atoms with Gasteiger partial charge in [-0.2, -0.15) is 0 Å². The SMILES string of the molecule is O=C(O)NC1=C(c2ccc(Br)cc2)CCNC1. The fourth-order valence-corrected chi connectivity index (χ4v) is 2.17. The lowest BCUT2D eigenvalue weighted by atomic mass is 9.98. The van der Waals surface area contributed by atoms with Gasteiger partial charge in [-0.25, -0.2) is 4.79 Å². The van der Waals surface area contributed by atoms with Gasteiger partial charge in [0.05, 0.1) is 0 Å². The molecule has 0 bridgehead atoms. The van der Waals surface area contributed by atoms with Crippen molar-refractivity contribution in [3.8, 4) is 0 Å². The number of carbonyl (C=O) groups is 1. The molecular weight excluding hydrogens is 284 g/mol. The summed E-state index contributed by atoms with van der Waals surface area (Å²) < 4.78 is 1.02. The van der Waals surface area contributed by atoms with E-state index in [0.29, 0.717) is 6.54 Å². The topological polar surface area (TPSA) is 61.4 Å². The summed E-state index contributed by atoms with van der Waals surface area (Å²) in [6, 6.07) is 7.91. The minimum atomic E-state index is -1.02. The van der Waals surface area contributed by atoms with Gasteiger partial charge in [0.1, 0.15) is 0 Å². The quantitative estimate of drug-likeness (QED) is 0.785. The molecule has 4 nitrogen and oxygen atoms in total. The summed E-state index contributed by atoms with van der Waals surface area (Å²) in [6.07, 6.45) is -0.185. The maximum Gasteiger partial charge on any atom is 0.408 e. The number of hydrogen-bond donors (Lipinski definition) is 3. The zero-order valence-corrected chi connectivity index (χ0v) is 10.8. The maximum absolute atomic E-state index is 10.7. The Hall–Kier alpha value is -1.33. The van der Waals surface area contributed by atoms with Gasteiger partial charge in [0.15, 0.2) is 0 Å². The minimum absolute atomic E-state index is 0.567. The lowest BCUT2D eigenvalue weighted by molar-refractivity contribution is 0.197. The summed E-state index contributed by atoms with van der Waals surface area (Å²) in [5.74, 6) is 0. The third-order valence-electron chi connectivity index (χ3n) is 2.67. The van der Waals surface area contributed by atoms with E-state index in [1.807, 2.05) is 24.3 Å². The second-order valence-corrected chi connectivity index (χ2v) is 4.74. The fourth-order valence-electron chi connectivity index (χ4n) is 1.90. The Morgan fingerprint density at radius 2 is 2.06 bits per heavy atom. The number of carboxylic acid groups (broad SMARTS) is 1. The Kier molecular flexibility index (Phi) is 3.81. The molecular formula is C12H13BrN2O2. The van der Waals surface area contributed by atoms with Crippen LogP contribution in [-0.2, 0) is 0 Å². The number of hydrogen-bond acceptors (Lipinski definition) is 2. The van der Waals surface area contributed by atoms with Gasteiger partial charge in [-0.15, -0.1) is 0 Å². The highest BCUT2D eigenvalue weighted by molar-refractivity contribution is 9.10. The van der Waals surface area contributed by atoms with Gasteiger partial charge in [-0.3, -0.25) is 5.32 Å². The molecule has 3 N–H and O–H groups in total. The molecule has 1 aliphatic rings. The average molecular weight is 297 g/mol. The van der Waals surface area contributed by atoms with Crippen LogP contribution in [0.25, 0.3) is 5.57 Å². The first kappa shape index (κ1) is 12.1. The molecule has 1 aliphatic heterocycles. The summed E-state index contributed by atoms with van der Waals surface area (Å²) >= 11 is 3.39. The molecule has 0 saturated carbocycles. The molecule has 1 aromatic carbocycles. The molecule has 17 heavy (non-hydrogen) atoms. The van der Waals surface area contributed by atoms with Crippen molar-refractivity contribution in [2.75, 3.05) is 13.1 Å². The van der Waals surface area contributed by atoms with E-state index in [2.05, 4.69) is 26.6 Å². The highest BCUT2D eigenvalue weighted by Crippen LogP contribution is 2.24. The third kappa shape index (κ3) is 3.08. The van der Waals surface area contributed by atoms with Crippen molar-refractivity contribution in [1.82, 2.24) is 10.6 Å². The molecule has 2 rings (SSSR count). The van der Waals surface area contributed by atoms with E-state index >= 15 is 0 Å². The van der Waals surface area contributed by atoms with Crippen LogP contribution >= 0.6 is 15.9 Å². The summed E-state index contributed by atoms with van der Waals surface area (Å²) in [7, 11) is 0. The molecule has 0 atom stereocenters. The second-order valence-electron chi connectivity index (χ2n) is 3.82. The van der Waals surface area contributed by atoms with Gasteiger partial charge in [-0.1, -0.05) is 28.1 Å². The first-order valence-corrected chi connectivity index (χ1v) is 6.15. The number of halogens is 1. The zero-order valence-electron chi connectivity index (χ0n) is 9.16. The van der Waals surface area contributed by atoms with Gasteiger partial charge in [0, 0.05) is 16.7 Å². The summed E-state index contributed by atoms with van der Waals surface area (Å²) in [6.45, 7) is 1.44. The predicted octanol–water partition coefficient (Wildman–Crippen LogP) is 2.42. The standard InChI is InChI=1S/C12H13BrN2O2/c13-9-3-1-8(2-4-9)10-5-6-14-7-11(10)15-12(16)17/h1-4,14-15H,5-7H2,(H,16,17). The van der Waals surface area contributed by atoms with Crippen LogP contribution in [0, 0.1) is 0 Å². The highest BCUT2D eigenvalue weighted by atomic mass is 79.9. The zero-order chi connectivity index (χ0) is 12.3. The number of amides is 1. The van der Waals surface area contributed by atoms with Crippen molar-refractivity contribution in [1.29, 1.82) is 0 Å². The van der Waals surface area contributed by atoms with Crippen LogP contribution in [0.2, 0.25) is 0 Å². The van der Waals surface area contributed by atoms with E-state index in [1.54, 1.807) is 0 Å². The van der Waals surface area contributed by atoms with Crippen LogP contribution in [0.3, 0.4) is 0 Å². The van der Waals surface area contributed by atoms with E-state index in [1.165, 1.54) is 0 Å². The Balaban J connectivity index is 2.34. The molecule has 0 aliphatic carbocycles. The smallest absolute Gasteiger partial charge is 0.408 e. The van der Waals surface area contributed by atoms with Gasteiger partial charge in [0.2, 0.25) is 0 Å². The molecule has 0 fully saturated rings. The summed E-state index contributed by atoms with van der Waals surface area (Å²) in [5, 5.41) is 14.4. The Morgan fingerprint density at radius 3 is 2.71 bits per heavy atom. The van der Waals surface area contributed by atoms with Crippen LogP contribution in [-0.4, -0.2) is 24.3 Å². The van der Waals surface area contributed by atoms with Gasteiger partial charge < -0.3 is 10.4 Å². The summed E-state index contributed by atoms with van der Waals surface area (Å²) in [4.78, 5) is 10.7. The van der Waals surface area contributed by atoms with Gasteiger partial charge in [-0.05, 0) is 36.2 Å². The van der Waals surface area contributed by atoms with Crippen molar-refractivity contribution < 1.29 is 9.90 Å². The highest BCUT2D eigenvalue weighted by Gasteiger charge is 2.15. The molecule has 0 spiro atoms. The number of rotatable bonds is 2. The fraction of sp³-hybridized carbons (Fsp3) is 0.250. The molecule has 0 radical (unpaired) electrons. The van der Waals surface area contributed by atoms with Crippen molar-refractivity contribution in [3.63, 3.8) is 0 Å². The number of benzene rings is 1. The van der Waals surface area contributed by atoms with Crippen LogP contribution in [0.5, 0.6) is 0 Å². The molecule has 1 aromatic rings. The van der Waals surface area contributed by atoms with Crippen molar-refractivity contribution >= 4 is 27.6 Å². The van der Waals surface area contributed by atoms with E-state index in [-0.39, 0.29) is 0 Å². The average Bonchev–Trinajstić information content (AvgIpc) is 2.30. The van der Waals surface area contributed by atoms with Gasteiger partial charge in [0.25, 0.3) is 0 Å². The molecule has 5 heteroatoms. The monoisotopic (exact) mass is 296 g/mol. The molecule has 0 aromatic heterocycles. The van der Waals surface area contributed by atoms with Crippen LogP contribution < -0.4 is 10.6 Å². The second kappa shape index (κ2) is 5.33. The Labute approximate surface area is 108 Å². The van der Waals surface area contributed by atoms with Crippen molar-refractivity contribution in [2.24, 2.45) is 0 Å². The first-order valence-electron chi connectivity index (χ1n) is 5.35. The van der Waals surface area contributed by atoms with E-state index in [9.17, 15) is 4.79 Å². The normalized spacial score (nSPS) is 15.8. The molecule has 0 unspecified atom stereocenters. The minimum Gasteiger partial charge on any atom is -0.465 e. The van der Waals surface area contributed by atoms with Crippen LogP contribution in [0.4, 0.5) is 4.79 Å². The van der Waals surface area contributed by atoms with Crippen molar-refractivity contribution in [2.45, 2.75) is 6.42 Å². The molecule has 1 heterocycles. The maximum atomic E-state index is 10.7. The van der Waals surface area contributed by atoms with E-state index in [4.69, 9.17) is 5.11 Å². The lowest BCUT2D eigenvalue weighted by Crippen LogP contribution is -2.34. The first-order chi connectivity index (χ1) is 8.16. The largest absolute Gasteiger partial charge is 0.465 e. The Morgan fingerprint density at radius 1 is 1.35 bits per heavy atom. The van der Waals surface area contributed by atoms with Gasteiger partial charge >= 0.3 is 6.09 Å². The third-order valence-corrected chi connectivity index (χ3v) is 3.20.